The molecule has 0 radical (unpaired) electrons. The first-order valence-corrected chi connectivity index (χ1v) is 6.06. The van der Waals surface area contributed by atoms with E-state index in [0.29, 0.717) is 17.1 Å². The molecule has 1 amide bonds. The summed E-state index contributed by atoms with van der Waals surface area (Å²) < 4.78 is 10.5. The molecule has 0 unspecified atom stereocenters. The molecular weight excluding hydrogens is 230 g/mol. The molecule has 0 spiro atoms. The van der Waals surface area contributed by atoms with Gasteiger partial charge in [0.15, 0.2) is 0 Å². The van der Waals surface area contributed by atoms with E-state index in [1.54, 1.807) is 26.4 Å². The van der Waals surface area contributed by atoms with Crippen molar-refractivity contribution >= 4 is 5.91 Å². The van der Waals surface area contributed by atoms with Crippen LogP contribution in [0.4, 0.5) is 0 Å². The molecule has 1 atom stereocenters. The van der Waals surface area contributed by atoms with Crippen molar-refractivity contribution in [3.8, 4) is 11.5 Å². The molecular formula is C14H21NO3. The lowest BCUT2D eigenvalue weighted by molar-refractivity contribution is 0.0938. The van der Waals surface area contributed by atoms with E-state index in [9.17, 15) is 4.79 Å². The highest BCUT2D eigenvalue weighted by Crippen LogP contribution is 2.29. The molecule has 18 heavy (non-hydrogen) atoms. The summed E-state index contributed by atoms with van der Waals surface area (Å²) in [5, 5.41) is 2.92. The molecule has 0 aliphatic rings. The highest BCUT2D eigenvalue weighted by Gasteiger charge is 2.14. The molecule has 4 nitrogen and oxygen atoms in total. The van der Waals surface area contributed by atoms with Gasteiger partial charge in [0.25, 0.3) is 5.91 Å². The summed E-state index contributed by atoms with van der Waals surface area (Å²) in [6.45, 7) is 5.90. The van der Waals surface area contributed by atoms with E-state index in [-0.39, 0.29) is 11.9 Å². The van der Waals surface area contributed by atoms with Gasteiger partial charge >= 0.3 is 0 Å². The number of amides is 1. The molecule has 0 heterocycles. The third-order valence-electron chi connectivity index (χ3n) is 3.00. The Bertz CT molecular complexity index is 404. The highest BCUT2D eigenvalue weighted by molar-refractivity contribution is 5.95. The lowest BCUT2D eigenvalue weighted by Gasteiger charge is -2.15. The first kappa shape index (κ1) is 14.4. The number of carbonyl (C=O) groups excluding carboxylic acids is 1. The standard InChI is InChI=1S/C14H21NO3/c1-6-9(2)15-14(16)11-7-12(17-4)10(3)13(8-11)18-5/h7-9H,6H2,1-5H3,(H,15,16)/t9-/m1/s1. The Morgan fingerprint density at radius 2 is 1.78 bits per heavy atom. The maximum absolute atomic E-state index is 12.0. The third-order valence-corrected chi connectivity index (χ3v) is 3.00. The topological polar surface area (TPSA) is 47.6 Å². The average Bonchev–Trinajstić information content (AvgIpc) is 2.38. The molecule has 0 aromatic heterocycles. The summed E-state index contributed by atoms with van der Waals surface area (Å²) in [7, 11) is 3.16. The van der Waals surface area contributed by atoms with E-state index in [1.165, 1.54) is 0 Å². The Labute approximate surface area is 108 Å². The molecule has 0 saturated carbocycles. The summed E-state index contributed by atoms with van der Waals surface area (Å²) in [6, 6.07) is 3.61. The van der Waals surface area contributed by atoms with Crippen LogP contribution < -0.4 is 14.8 Å². The minimum atomic E-state index is -0.110. The SMILES string of the molecule is CC[C@@H](C)NC(=O)c1cc(OC)c(C)c(OC)c1. The van der Waals surface area contributed by atoms with Crippen molar-refractivity contribution in [2.24, 2.45) is 0 Å². The second kappa shape index (κ2) is 6.28. The van der Waals surface area contributed by atoms with Crippen LogP contribution in [0.3, 0.4) is 0 Å². The number of rotatable bonds is 5. The predicted molar refractivity (Wildman–Crippen MR) is 71.5 cm³/mol. The van der Waals surface area contributed by atoms with Crippen molar-refractivity contribution < 1.29 is 14.3 Å². The normalized spacial score (nSPS) is 11.8. The van der Waals surface area contributed by atoms with Gasteiger partial charge in [-0.2, -0.15) is 0 Å². The molecule has 0 saturated heterocycles. The second-order valence-corrected chi connectivity index (χ2v) is 4.29. The van der Waals surface area contributed by atoms with Crippen molar-refractivity contribution in [3.05, 3.63) is 23.3 Å². The Morgan fingerprint density at radius 1 is 1.28 bits per heavy atom. The van der Waals surface area contributed by atoms with E-state index in [4.69, 9.17) is 9.47 Å². The second-order valence-electron chi connectivity index (χ2n) is 4.29. The Morgan fingerprint density at radius 3 is 2.17 bits per heavy atom. The molecule has 1 aromatic carbocycles. The Kier molecular flexibility index (Phi) is 5.01. The van der Waals surface area contributed by atoms with Gasteiger partial charge in [-0.25, -0.2) is 0 Å². The van der Waals surface area contributed by atoms with Gasteiger partial charge in [-0.3, -0.25) is 4.79 Å². The number of benzene rings is 1. The summed E-state index contributed by atoms with van der Waals surface area (Å²) in [6.07, 6.45) is 0.895. The summed E-state index contributed by atoms with van der Waals surface area (Å²) in [4.78, 5) is 12.0. The molecule has 1 N–H and O–H groups in total. The monoisotopic (exact) mass is 251 g/mol. The van der Waals surface area contributed by atoms with Crippen LogP contribution in [0.25, 0.3) is 0 Å². The smallest absolute Gasteiger partial charge is 0.251 e. The van der Waals surface area contributed by atoms with Crippen molar-refractivity contribution in [3.63, 3.8) is 0 Å². The molecule has 1 aromatic rings. The van der Waals surface area contributed by atoms with Gasteiger partial charge in [0.2, 0.25) is 0 Å². The fourth-order valence-corrected chi connectivity index (χ4v) is 1.63. The van der Waals surface area contributed by atoms with Crippen LogP contribution in [0.5, 0.6) is 11.5 Å². The Hall–Kier alpha value is -1.71. The molecule has 0 fully saturated rings. The number of methoxy groups -OCH3 is 2. The average molecular weight is 251 g/mol. The van der Waals surface area contributed by atoms with E-state index in [2.05, 4.69) is 5.32 Å². The fraction of sp³-hybridized carbons (Fsp3) is 0.500. The minimum absolute atomic E-state index is 0.110. The van der Waals surface area contributed by atoms with Crippen molar-refractivity contribution in [1.82, 2.24) is 5.32 Å². The summed E-state index contributed by atoms with van der Waals surface area (Å²) in [5.74, 6) is 1.20. The predicted octanol–water partition coefficient (Wildman–Crippen LogP) is 2.54. The van der Waals surface area contributed by atoms with E-state index in [0.717, 1.165) is 12.0 Å². The zero-order valence-electron chi connectivity index (χ0n) is 11.7. The largest absolute Gasteiger partial charge is 0.496 e. The molecule has 0 aliphatic carbocycles. The van der Waals surface area contributed by atoms with Gasteiger partial charge in [-0.15, -0.1) is 0 Å². The van der Waals surface area contributed by atoms with Crippen LogP contribution in [0, 0.1) is 6.92 Å². The van der Waals surface area contributed by atoms with E-state index in [1.807, 2.05) is 20.8 Å². The van der Waals surface area contributed by atoms with Crippen LogP contribution in [-0.2, 0) is 0 Å². The van der Waals surface area contributed by atoms with Crippen LogP contribution in [-0.4, -0.2) is 26.2 Å². The van der Waals surface area contributed by atoms with Crippen molar-refractivity contribution in [1.29, 1.82) is 0 Å². The van der Waals surface area contributed by atoms with Crippen molar-refractivity contribution in [2.45, 2.75) is 33.2 Å². The number of nitrogens with one attached hydrogen (secondary N) is 1. The van der Waals surface area contributed by atoms with Crippen LogP contribution in [0.2, 0.25) is 0 Å². The maximum Gasteiger partial charge on any atom is 0.251 e. The molecule has 0 bridgehead atoms. The molecule has 1 rings (SSSR count). The number of ether oxygens (including phenoxy) is 2. The number of carbonyl (C=O) groups is 1. The molecule has 100 valence electrons. The first-order chi connectivity index (χ1) is 8.53. The van der Waals surface area contributed by atoms with Gasteiger partial charge < -0.3 is 14.8 Å². The van der Waals surface area contributed by atoms with Gasteiger partial charge in [-0.1, -0.05) is 6.92 Å². The minimum Gasteiger partial charge on any atom is -0.496 e. The van der Waals surface area contributed by atoms with E-state index < -0.39 is 0 Å². The zero-order chi connectivity index (χ0) is 13.7. The molecule has 4 heteroatoms. The van der Waals surface area contributed by atoms with Gasteiger partial charge in [0.1, 0.15) is 11.5 Å². The highest BCUT2D eigenvalue weighted by atomic mass is 16.5. The van der Waals surface area contributed by atoms with Crippen LogP contribution >= 0.6 is 0 Å². The van der Waals surface area contributed by atoms with Crippen molar-refractivity contribution in [2.75, 3.05) is 14.2 Å². The van der Waals surface area contributed by atoms with Crippen LogP contribution in [0.15, 0.2) is 12.1 Å². The Balaban J connectivity index is 3.05. The third kappa shape index (κ3) is 3.15. The maximum atomic E-state index is 12.0. The summed E-state index contributed by atoms with van der Waals surface area (Å²) >= 11 is 0. The lowest BCUT2D eigenvalue weighted by atomic mass is 10.1. The van der Waals surface area contributed by atoms with Gasteiger partial charge in [0.05, 0.1) is 14.2 Å². The number of hydrogen-bond acceptors (Lipinski definition) is 3. The quantitative estimate of drug-likeness (QED) is 0.874. The fourth-order valence-electron chi connectivity index (χ4n) is 1.63. The first-order valence-electron chi connectivity index (χ1n) is 6.06. The summed E-state index contributed by atoms with van der Waals surface area (Å²) in [5.41, 5.74) is 1.44. The number of hydrogen-bond donors (Lipinski definition) is 1. The van der Waals surface area contributed by atoms with Crippen LogP contribution in [0.1, 0.15) is 36.2 Å². The molecule has 0 aliphatic heterocycles. The zero-order valence-corrected chi connectivity index (χ0v) is 11.7. The van der Waals surface area contributed by atoms with E-state index >= 15 is 0 Å². The van der Waals surface area contributed by atoms with Gasteiger partial charge in [-0.05, 0) is 32.4 Å². The van der Waals surface area contributed by atoms with Gasteiger partial charge in [0, 0.05) is 17.2 Å². The lowest BCUT2D eigenvalue weighted by Crippen LogP contribution is -2.31.